The van der Waals surface area contributed by atoms with Crippen molar-refractivity contribution in [1.82, 2.24) is 0 Å². The van der Waals surface area contributed by atoms with Crippen molar-refractivity contribution in [1.29, 1.82) is 0 Å². The zero-order chi connectivity index (χ0) is 14.2. The van der Waals surface area contributed by atoms with Gasteiger partial charge in [0.1, 0.15) is 6.10 Å². The van der Waals surface area contributed by atoms with E-state index in [4.69, 9.17) is 9.94 Å². The lowest BCUT2D eigenvalue weighted by molar-refractivity contribution is -0.185. The number of fused-ring (bicyclic) bond motifs is 1. The molecule has 2 aliphatic rings. The first kappa shape index (κ1) is 15.3. The molecule has 0 radical (unpaired) electrons. The monoisotopic (exact) mass is 281 g/mol. The molecule has 0 aromatic heterocycles. The van der Waals surface area contributed by atoms with Gasteiger partial charge in [-0.1, -0.05) is 50.1 Å². The van der Waals surface area contributed by atoms with E-state index in [1.54, 1.807) is 0 Å². The van der Waals surface area contributed by atoms with E-state index in [1.807, 2.05) is 0 Å². The molecule has 1 heterocycles. The first-order valence-corrected chi connectivity index (χ1v) is 8.21. The Morgan fingerprint density at radius 2 is 1.55 bits per heavy atom. The Kier molecular flexibility index (Phi) is 6.34. The van der Waals surface area contributed by atoms with Crippen LogP contribution in [0.1, 0.15) is 77.0 Å². The van der Waals surface area contributed by atoms with Crippen molar-refractivity contribution in [3.05, 3.63) is 0 Å². The van der Waals surface area contributed by atoms with Gasteiger partial charge in [-0.05, 0) is 32.1 Å². The van der Waals surface area contributed by atoms with Crippen LogP contribution in [-0.2, 0) is 9.53 Å². The van der Waals surface area contributed by atoms with Crippen LogP contribution in [0, 0.1) is 5.92 Å². The predicted octanol–water partition coefficient (Wildman–Crippen LogP) is 4.05. The van der Waals surface area contributed by atoms with Crippen LogP contribution in [0.5, 0.6) is 0 Å². The molecule has 4 heteroatoms. The molecule has 1 aliphatic carbocycles. The molecule has 1 saturated heterocycles. The second-order valence-electron chi connectivity index (χ2n) is 6.15. The summed E-state index contributed by atoms with van der Waals surface area (Å²) in [6.07, 6.45) is 13.4. The zero-order valence-electron chi connectivity index (χ0n) is 12.4. The molecule has 20 heavy (non-hydrogen) atoms. The molecule has 2 fully saturated rings. The van der Waals surface area contributed by atoms with Gasteiger partial charge >= 0.3 is 5.97 Å². The van der Waals surface area contributed by atoms with Crippen molar-refractivity contribution in [3.63, 3.8) is 0 Å². The number of carbonyl (C=O) groups excluding carboxylic acids is 1. The molecular weight excluding hydrogens is 254 g/mol. The lowest BCUT2D eigenvalue weighted by atomic mass is 9.87. The van der Waals surface area contributed by atoms with Gasteiger partial charge in [-0.2, -0.15) is 0 Å². The smallest absolute Gasteiger partial charge is 0.313 e. The van der Waals surface area contributed by atoms with Crippen LogP contribution >= 0.6 is 0 Å². The van der Waals surface area contributed by atoms with Gasteiger partial charge in [0.25, 0.3) is 0 Å². The molecular formula is C16H27NO3. The quantitative estimate of drug-likeness (QED) is 0.414. The fourth-order valence-corrected chi connectivity index (χ4v) is 3.25. The Hall–Kier alpha value is -1.06. The Bertz CT molecular complexity index is 341. The molecule has 0 aromatic rings. The van der Waals surface area contributed by atoms with Gasteiger partial charge in [0.05, 0.1) is 11.6 Å². The molecule has 0 bridgehead atoms. The van der Waals surface area contributed by atoms with E-state index in [9.17, 15) is 4.79 Å². The highest BCUT2D eigenvalue weighted by molar-refractivity contribution is 5.84. The Morgan fingerprint density at radius 3 is 2.20 bits per heavy atom. The molecule has 4 nitrogen and oxygen atoms in total. The van der Waals surface area contributed by atoms with Crippen molar-refractivity contribution in [2.45, 2.75) is 83.2 Å². The maximum atomic E-state index is 11.5. The van der Waals surface area contributed by atoms with Gasteiger partial charge in [-0.15, -0.1) is 0 Å². The molecule has 0 amide bonds. The molecule has 2 unspecified atom stereocenters. The van der Waals surface area contributed by atoms with E-state index >= 15 is 0 Å². The predicted molar refractivity (Wildman–Crippen MR) is 78.0 cm³/mol. The summed E-state index contributed by atoms with van der Waals surface area (Å²) in [6, 6.07) is 0. The number of nitrogens with zero attached hydrogens (tertiary/aromatic N) is 1. The first-order chi connectivity index (χ1) is 9.81. The summed E-state index contributed by atoms with van der Waals surface area (Å²) in [7, 11) is 0. The zero-order valence-corrected chi connectivity index (χ0v) is 12.4. The van der Waals surface area contributed by atoms with E-state index in [0.717, 1.165) is 44.2 Å². The molecule has 0 aromatic carbocycles. The van der Waals surface area contributed by atoms with E-state index in [0.29, 0.717) is 0 Å². The molecule has 2 rings (SSSR count). The number of esters is 1. The maximum absolute atomic E-state index is 11.5. The summed E-state index contributed by atoms with van der Waals surface area (Å²) in [4.78, 5) is 11.5. The van der Waals surface area contributed by atoms with Crippen molar-refractivity contribution in [2.24, 2.45) is 11.1 Å². The highest BCUT2D eigenvalue weighted by Crippen LogP contribution is 2.31. The molecule has 2 atom stereocenters. The van der Waals surface area contributed by atoms with Gasteiger partial charge in [0, 0.05) is 0 Å². The fraction of sp³-hybridized carbons (Fsp3) is 0.875. The summed E-state index contributed by atoms with van der Waals surface area (Å²) in [5.41, 5.74) is 0.863. The van der Waals surface area contributed by atoms with Gasteiger partial charge in [-0.3, -0.25) is 4.79 Å². The fourth-order valence-electron chi connectivity index (χ4n) is 3.25. The summed E-state index contributed by atoms with van der Waals surface area (Å²) in [5, 5.41) is 12.5. The Morgan fingerprint density at radius 1 is 0.900 bits per heavy atom. The molecule has 1 N–H and O–H groups in total. The van der Waals surface area contributed by atoms with Crippen molar-refractivity contribution in [3.8, 4) is 0 Å². The average Bonchev–Trinajstić information content (AvgIpc) is 2.45. The molecule has 0 spiro atoms. The Balaban J connectivity index is 1.84. The van der Waals surface area contributed by atoms with Crippen LogP contribution < -0.4 is 0 Å². The van der Waals surface area contributed by atoms with E-state index in [2.05, 4.69) is 5.16 Å². The summed E-state index contributed by atoms with van der Waals surface area (Å²) < 4.78 is 5.24. The van der Waals surface area contributed by atoms with Gasteiger partial charge in [0.15, 0.2) is 0 Å². The molecule has 1 saturated carbocycles. The molecule has 114 valence electrons. The second kappa shape index (κ2) is 8.28. The van der Waals surface area contributed by atoms with Crippen molar-refractivity contribution >= 4 is 11.7 Å². The minimum atomic E-state index is -0.0261. The second-order valence-corrected chi connectivity index (χ2v) is 6.15. The number of oxime groups is 1. The van der Waals surface area contributed by atoms with Crippen molar-refractivity contribution in [2.75, 3.05) is 0 Å². The number of rotatable bonds is 0. The van der Waals surface area contributed by atoms with Crippen LogP contribution in [0.2, 0.25) is 0 Å². The number of ether oxygens (including phenoxy) is 1. The van der Waals surface area contributed by atoms with Crippen LogP contribution in [0.15, 0.2) is 5.16 Å². The van der Waals surface area contributed by atoms with Crippen molar-refractivity contribution < 1.29 is 14.7 Å². The Labute approximate surface area is 121 Å². The van der Waals surface area contributed by atoms with E-state index in [1.165, 1.54) is 38.5 Å². The average molecular weight is 281 g/mol. The third-order valence-electron chi connectivity index (χ3n) is 4.61. The highest BCUT2D eigenvalue weighted by atomic mass is 16.6. The maximum Gasteiger partial charge on any atom is 0.313 e. The minimum absolute atomic E-state index is 0.0261. The summed E-state index contributed by atoms with van der Waals surface area (Å²) >= 11 is 0. The van der Waals surface area contributed by atoms with Gasteiger partial charge in [-0.25, -0.2) is 0 Å². The molecule has 1 aliphatic heterocycles. The first-order valence-electron chi connectivity index (χ1n) is 8.21. The normalized spacial score (nSPS) is 32.4. The van der Waals surface area contributed by atoms with E-state index < -0.39 is 0 Å². The summed E-state index contributed by atoms with van der Waals surface area (Å²) in [6.45, 7) is 0. The highest BCUT2D eigenvalue weighted by Gasteiger charge is 2.41. The lowest BCUT2D eigenvalue weighted by Crippen LogP contribution is -2.45. The SMILES string of the molecule is O=C1OC2CCC(=NO)CCCCCCCCCCC12. The van der Waals surface area contributed by atoms with Crippen LogP contribution in [0.4, 0.5) is 0 Å². The van der Waals surface area contributed by atoms with Crippen LogP contribution in [-0.4, -0.2) is 23.0 Å². The number of hydrogen-bond donors (Lipinski definition) is 1. The van der Waals surface area contributed by atoms with E-state index in [-0.39, 0.29) is 18.0 Å². The largest absolute Gasteiger partial charge is 0.461 e. The van der Waals surface area contributed by atoms with Gasteiger partial charge in [0.2, 0.25) is 0 Å². The van der Waals surface area contributed by atoms with Crippen LogP contribution in [0.3, 0.4) is 0 Å². The third-order valence-corrected chi connectivity index (χ3v) is 4.61. The lowest BCUT2D eigenvalue weighted by Gasteiger charge is -2.35. The number of hydrogen-bond acceptors (Lipinski definition) is 4. The third kappa shape index (κ3) is 4.50. The minimum Gasteiger partial charge on any atom is -0.461 e. The van der Waals surface area contributed by atoms with Gasteiger partial charge < -0.3 is 9.94 Å². The number of carbonyl (C=O) groups is 1. The van der Waals surface area contributed by atoms with Crippen LogP contribution in [0.25, 0.3) is 0 Å². The summed E-state index contributed by atoms with van der Waals surface area (Å²) in [5.74, 6) is 0.0712. The standard InChI is InChI=1S/C16H27NO3/c18-16-14-10-8-6-4-2-1-3-5-7-9-13(17-19)11-12-15(14)20-16/h14-15,19H,1-12H2. The topological polar surface area (TPSA) is 58.9 Å².